The summed E-state index contributed by atoms with van der Waals surface area (Å²) in [6.07, 6.45) is 0.432. The van der Waals surface area contributed by atoms with E-state index >= 15 is 0 Å². The van der Waals surface area contributed by atoms with Crippen molar-refractivity contribution < 1.29 is 31.9 Å². The van der Waals surface area contributed by atoms with Crippen molar-refractivity contribution in [3.63, 3.8) is 0 Å². The second-order valence-corrected chi connectivity index (χ2v) is 9.15. The van der Waals surface area contributed by atoms with Gasteiger partial charge in [0.15, 0.2) is 11.5 Å². The van der Waals surface area contributed by atoms with Gasteiger partial charge >= 0.3 is 5.97 Å². The number of thiophene rings is 1. The minimum Gasteiger partial charge on any atom is -0.461 e. The highest BCUT2D eigenvalue weighted by Gasteiger charge is 2.27. The van der Waals surface area contributed by atoms with Crippen molar-refractivity contribution in [3.8, 4) is 11.5 Å². The zero-order valence-corrected chi connectivity index (χ0v) is 17.9. The first-order chi connectivity index (χ1) is 14.3. The van der Waals surface area contributed by atoms with Crippen LogP contribution in [0.15, 0.2) is 39.1 Å². The number of hydrogen-bond donors (Lipinski definition) is 1. The molecule has 0 unspecified atom stereocenters. The minimum atomic E-state index is -4.13. The summed E-state index contributed by atoms with van der Waals surface area (Å²) in [7, 11) is -4.13. The van der Waals surface area contributed by atoms with Gasteiger partial charge in [0.1, 0.15) is 20.5 Å². The second-order valence-electron chi connectivity index (χ2n) is 6.20. The van der Waals surface area contributed by atoms with Gasteiger partial charge in [0.2, 0.25) is 6.79 Å². The summed E-state index contributed by atoms with van der Waals surface area (Å²) in [6, 6.07) is 6.74. The molecular formula is C18H15ClN2O7S2. The van der Waals surface area contributed by atoms with Crippen molar-refractivity contribution in [2.45, 2.75) is 18.2 Å². The molecule has 3 heterocycles. The van der Waals surface area contributed by atoms with E-state index < -0.39 is 16.0 Å². The summed E-state index contributed by atoms with van der Waals surface area (Å²) in [4.78, 5) is 12.2. The molecule has 9 nitrogen and oxygen atoms in total. The minimum absolute atomic E-state index is 0.0432. The molecule has 158 valence electrons. The zero-order valence-electron chi connectivity index (χ0n) is 15.5. The van der Waals surface area contributed by atoms with Gasteiger partial charge in [-0.05, 0) is 36.1 Å². The predicted octanol–water partition coefficient (Wildman–Crippen LogP) is 3.63. The second kappa shape index (κ2) is 8.17. The molecule has 0 bridgehead atoms. The van der Waals surface area contributed by atoms with E-state index in [1.807, 2.05) is 12.1 Å². The molecule has 0 saturated carbocycles. The number of sulfonamides is 1. The first kappa shape index (κ1) is 20.5. The maximum atomic E-state index is 12.7. The van der Waals surface area contributed by atoms with Crippen LogP contribution in [0.2, 0.25) is 5.02 Å². The molecule has 0 saturated heterocycles. The van der Waals surface area contributed by atoms with Crippen LogP contribution < -0.4 is 14.2 Å². The number of rotatable bonds is 7. The van der Waals surface area contributed by atoms with Gasteiger partial charge in [0.25, 0.3) is 15.9 Å². The molecule has 0 amide bonds. The normalized spacial score (nSPS) is 12.7. The predicted molar refractivity (Wildman–Crippen MR) is 108 cm³/mol. The Morgan fingerprint density at radius 1 is 1.30 bits per heavy atom. The number of nitrogens with zero attached hydrogens (tertiary/aromatic N) is 1. The lowest BCUT2D eigenvalue weighted by Crippen LogP contribution is -2.16. The first-order valence-corrected chi connectivity index (χ1v) is 11.4. The molecule has 0 fully saturated rings. The van der Waals surface area contributed by atoms with E-state index in [0.717, 1.165) is 16.9 Å². The van der Waals surface area contributed by atoms with Gasteiger partial charge in [-0.15, -0.1) is 11.3 Å². The first-order valence-electron chi connectivity index (χ1n) is 8.63. The number of carbonyl (C=O) groups is 1. The topological polar surface area (TPSA) is 117 Å². The Labute approximate surface area is 180 Å². The van der Waals surface area contributed by atoms with Gasteiger partial charge in [-0.1, -0.05) is 22.8 Å². The number of aromatic nitrogens is 1. The summed E-state index contributed by atoms with van der Waals surface area (Å²) < 4.78 is 48.2. The van der Waals surface area contributed by atoms with Gasteiger partial charge in [0.05, 0.1) is 6.61 Å². The lowest BCUT2D eigenvalue weighted by atomic mass is 10.1. The molecule has 1 aliphatic rings. The number of aryl methyl sites for hydroxylation is 1. The van der Waals surface area contributed by atoms with Crippen molar-refractivity contribution in [2.75, 3.05) is 18.1 Å². The largest absolute Gasteiger partial charge is 0.461 e. The van der Waals surface area contributed by atoms with E-state index in [1.165, 1.54) is 11.4 Å². The fourth-order valence-electron chi connectivity index (χ4n) is 2.68. The molecule has 30 heavy (non-hydrogen) atoms. The fraction of sp³-hybridized carbons (Fsp3) is 0.222. The summed E-state index contributed by atoms with van der Waals surface area (Å²) in [5.41, 5.74) is 1.23. The Bertz CT molecular complexity index is 1200. The molecule has 0 spiro atoms. The number of benzene rings is 1. The summed E-state index contributed by atoms with van der Waals surface area (Å²) in [5, 5.41) is 5.12. The van der Waals surface area contributed by atoms with Crippen LogP contribution in [0.1, 0.15) is 20.9 Å². The van der Waals surface area contributed by atoms with Crippen molar-refractivity contribution in [3.05, 3.63) is 50.8 Å². The third kappa shape index (κ3) is 4.09. The summed E-state index contributed by atoms with van der Waals surface area (Å²) in [6.45, 7) is 1.81. The van der Waals surface area contributed by atoms with E-state index in [-0.39, 0.29) is 34.1 Å². The van der Waals surface area contributed by atoms with Crippen LogP contribution >= 0.6 is 22.9 Å². The van der Waals surface area contributed by atoms with Gasteiger partial charge in [0, 0.05) is 6.42 Å². The van der Waals surface area contributed by atoms with Gasteiger partial charge < -0.3 is 18.7 Å². The molecule has 2 aromatic heterocycles. The smallest absolute Gasteiger partial charge is 0.349 e. The maximum Gasteiger partial charge on any atom is 0.349 e. The standard InChI is InChI=1S/C18H15ClN2O7S2/c1-10-15(19)17(28-20-10)21-30(23,24)14-5-7-29-16(14)18(22)25-6-4-11-2-3-12-13(8-11)27-9-26-12/h2-3,5,7-8,21H,4,6,9H2,1H3. The molecular weight excluding hydrogens is 456 g/mol. The lowest BCUT2D eigenvalue weighted by molar-refractivity contribution is 0.0511. The van der Waals surface area contributed by atoms with Gasteiger partial charge in [-0.25, -0.2) is 17.9 Å². The van der Waals surface area contributed by atoms with Crippen LogP contribution in [-0.2, 0) is 21.2 Å². The molecule has 4 rings (SSSR count). The monoisotopic (exact) mass is 470 g/mol. The molecule has 1 aromatic carbocycles. The highest BCUT2D eigenvalue weighted by molar-refractivity contribution is 7.93. The fourth-order valence-corrected chi connectivity index (χ4v) is 5.16. The van der Waals surface area contributed by atoms with Crippen molar-refractivity contribution in [1.29, 1.82) is 0 Å². The van der Waals surface area contributed by atoms with Crippen LogP contribution in [0.5, 0.6) is 11.5 Å². The average molecular weight is 471 g/mol. The molecule has 12 heteroatoms. The summed E-state index contributed by atoms with van der Waals surface area (Å²) >= 11 is 6.91. The molecule has 3 aromatic rings. The quantitative estimate of drug-likeness (QED) is 0.520. The van der Waals surface area contributed by atoms with Crippen LogP contribution in [0.4, 0.5) is 5.88 Å². The summed E-state index contributed by atoms with van der Waals surface area (Å²) in [5.74, 6) is 0.338. The van der Waals surface area contributed by atoms with Crippen LogP contribution in [0.3, 0.4) is 0 Å². The van der Waals surface area contributed by atoms with Gasteiger partial charge in [-0.3, -0.25) is 0 Å². The van der Waals surface area contributed by atoms with Crippen LogP contribution in [0, 0.1) is 6.92 Å². The Morgan fingerprint density at radius 2 is 2.10 bits per heavy atom. The number of anilines is 1. The molecule has 1 N–H and O–H groups in total. The lowest BCUT2D eigenvalue weighted by Gasteiger charge is -2.08. The van der Waals surface area contributed by atoms with Crippen LogP contribution in [-0.4, -0.2) is 32.9 Å². The number of esters is 1. The highest BCUT2D eigenvalue weighted by atomic mass is 35.5. The Balaban J connectivity index is 1.42. The molecule has 1 aliphatic heterocycles. The number of carbonyl (C=O) groups excluding carboxylic acids is 1. The molecule has 0 radical (unpaired) electrons. The van der Waals surface area contributed by atoms with Gasteiger partial charge in [-0.2, -0.15) is 0 Å². The van der Waals surface area contributed by atoms with E-state index in [9.17, 15) is 13.2 Å². The number of nitrogens with one attached hydrogen (secondary N) is 1. The molecule has 0 aliphatic carbocycles. The third-order valence-corrected chi connectivity index (χ3v) is 7.02. The third-order valence-electron chi connectivity index (χ3n) is 4.18. The van der Waals surface area contributed by atoms with E-state index in [1.54, 1.807) is 13.0 Å². The van der Waals surface area contributed by atoms with E-state index in [4.69, 9.17) is 30.3 Å². The number of hydrogen-bond acceptors (Lipinski definition) is 9. The Morgan fingerprint density at radius 3 is 2.87 bits per heavy atom. The Hall–Kier alpha value is -2.76. The van der Waals surface area contributed by atoms with Crippen LogP contribution in [0.25, 0.3) is 0 Å². The highest BCUT2D eigenvalue weighted by Crippen LogP contribution is 2.33. The van der Waals surface area contributed by atoms with E-state index in [2.05, 4.69) is 9.88 Å². The maximum absolute atomic E-state index is 12.7. The van der Waals surface area contributed by atoms with Crippen molar-refractivity contribution in [2.24, 2.45) is 0 Å². The molecule has 0 atom stereocenters. The average Bonchev–Trinajstić information content (AvgIpc) is 3.44. The number of fused-ring (bicyclic) bond motifs is 1. The Kier molecular flexibility index (Phi) is 5.58. The van der Waals surface area contributed by atoms with Crippen molar-refractivity contribution >= 4 is 44.8 Å². The number of ether oxygens (including phenoxy) is 3. The van der Waals surface area contributed by atoms with Crippen molar-refractivity contribution in [1.82, 2.24) is 5.16 Å². The zero-order chi connectivity index (χ0) is 21.3. The number of halogens is 1. The SMILES string of the molecule is Cc1noc(NS(=O)(=O)c2ccsc2C(=O)OCCc2ccc3c(c2)OCO3)c1Cl. The van der Waals surface area contributed by atoms with E-state index in [0.29, 0.717) is 23.6 Å².